The Labute approximate surface area is 73.1 Å². The lowest BCUT2D eigenvalue weighted by Crippen LogP contribution is -2.39. The fourth-order valence-electron chi connectivity index (χ4n) is 0.401. The van der Waals surface area contributed by atoms with Gasteiger partial charge in [-0.1, -0.05) is 0 Å². The first-order valence-corrected chi connectivity index (χ1v) is 3.85. The van der Waals surface area contributed by atoms with Crippen molar-refractivity contribution in [2.24, 2.45) is 0 Å². The molecule has 0 fully saturated rings. The largest absolute Gasteiger partial charge is 0.443 e. The highest BCUT2D eigenvalue weighted by Crippen LogP contribution is 2.12. The monoisotopic (exact) mass is 175 g/mol. The van der Waals surface area contributed by atoms with Crippen LogP contribution < -0.4 is 0 Å². The summed E-state index contributed by atoms with van der Waals surface area (Å²) in [5.41, 5.74) is -0.994. The summed E-state index contributed by atoms with van der Waals surface area (Å²) in [6.45, 7) is 4.85. The molecule has 0 spiro atoms. The van der Waals surface area contributed by atoms with Crippen molar-refractivity contribution in [1.82, 2.24) is 4.90 Å². The van der Waals surface area contributed by atoms with Crippen LogP contribution in [0, 0.1) is 0 Å². The molecule has 0 aromatic rings. The van der Waals surface area contributed by atoms with E-state index in [1.165, 1.54) is 4.90 Å². The maximum Gasteiger partial charge on any atom is 0.409 e. The van der Waals surface area contributed by atoms with E-state index in [-0.39, 0.29) is 0 Å². The van der Waals surface area contributed by atoms with Gasteiger partial charge in [-0.3, -0.25) is 0 Å². The van der Waals surface area contributed by atoms with E-state index in [4.69, 9.17) is 4.74 Å². The standard InChI is InChI=1S/C8H17NO3/c1-6(8(2,3)11)12-7(10)9(4)5/h6,11H,1-5H3/t6-/m0/s1. The molecule has 0 saturated carbocycles. The van der Waals surface area contributed by atoms with Crippen LogP contribution in [0.4, 0.5) is 4.79 Å². The van der Waals surface area contributed by atoms with Crippen LogP contribution in [-0.2, 0) is 4.74 Å². The van der Waals surface area contributed by atoms with Gasteiger partial charge in [0, 0.05) is 14.1 Å². The molecule has 0 aromatic carbocycles. The van der Waals surface area contributed by atoms with Gasteiger partial charge in [-0.15, -0.1) is 0 Å². The number of amides is 1. The normalized spacial score (nSPS) is 13.8. The van der Waals surface area contributed by atoms with E-state index >= 15 is 0 Å². The van der Waals surface area contributed by atoms with E-state index in [0.717, 1.165) is 0 Å². The highest BCUT2D eigenvalue weighted by Gasteiger charge is 2.26. The molecule has 0 saturated heterocycles. The van der Waals surface area contributed by atoms with E-state index in [1.54, 1.807) is 34.9 Å². The third-order valence-electron chi connectivity index (χ3n) is 1.64. The summed E-state index contributed by atoms with van der Waals surface area (Å²) in [4.78, 5) is 12.3. The molecule has 1 N–H and O–H groups in total. The molecule has 1 amide bonds. The molecule has 0 aliphatic carbocycles. The quantitative estimate of drug-likeness (QED) is 0.676. The van der Waals surface area contributed by atoms with Crippen LogP contribution in [0.15, 0.2) is 0 Å². The molecule has 1 atom stereocenters. The van der Waals surface area contributed by atoms with Crippen molar-refractivity contribution in [2.45, 2.75) is 32.5 Å². The lowest BCUT2D eigenvalue weighted by atomic mass is 10.0. The predicted octanol–water partition coefficient (Wildman–Crippen LogP) is 0.844. The van der Waals surface area contributed by atoms with Gasteiger partial charge in [0.05, 0.1) is 5.60 Å². The van der Waals surface area contributed by atoms with Crippen molar-refractivity contribution in [2.75, 3.05) is 14.1 Å². The van der Waals surface area contributed by atoms with Gasteiger partial charge in [-0.05, 0) is 20.8 Å². The summed E-state index contributed by atoms with van der Waals surface area (Å²) < 4.78 is 4.91. The van der Waals surface area contributed by atoms with Crippen molar-refractivity contribution >= 4 is 6.09 Å². The van der Waals surface area contributed by atoms with Crippen LogP contribution >= 0.6 is 0 Å². The molecule has 0 unspecified atom stereocenters. The molecule has 4 nitrogen and oxygen atoms in total. The van der Waals surface area contributed by atoms with Gasteiger partial charge in [-0.25, -0.2) is 4.79 Å². The highest BCUT2D eigenvalue weighted by molar-refractivity contribution is 5.67. The Morgan fingerprint density at radius 1 is 1.50 bits per heavy atom. The average molecular weight is 175 g/mol. The Morgan fingerprint density at radius 2 is 1.92 bits per heavy atom. The number of carbonyl (C=O) groups excluding carboxylic acids is 1. The van der Waals surface area contributed by atoms with E-state index < -0.39 is 17.8 Å². The molecule has 0 bridgehead atoms. The molecule has 72 valence electrons. The number of rotatable bonds is 2. The third kappa shape index (κ3) is 3.57. The maximum absolute atomic E-state index is 11.0. The topological polar surface area (TPSA) is 49.8 Å². The molecular weight excluding hydrogens is 158 g/mol. The van der Waals surface area contributed by atoms with Crippen LogP contribution in [0.5, 0.6) is 0 Å². The number of aliphatic hydroxyl groups is 1. The lowest BCUT2D eigenvalue weighted by Gasteiger charge is -2.26. The summed E-state index contributed by atoms with van der Waals surface area (Å²) in [6, 6.07) is 0. The molecule has 12 heavy (non-hydrogen) atoms. The first-order valence-electron chi connectivity index (χ1n) is 3.85. The van der Waals surface area contributed by atoms with Crippen molar-refractivity contribution in [1.29, 1.82) is 0 Å². The zero-order valence-electron chi connectivity index (χ0n) is 8.29. The van der Waals surface area contributed by atoms with Gasteiger partial charge in [0.1, 0.15) is 6.10 Å². The second-order valence-corrected chi connectivity index (χ2v) is 3.57. The van der Waals surface area contributed by atoms with E-state index in [0.29, 0.717) is 0 Å². The van der Waals surface area contributed by atoms with Crippen molar-refractivity contribution in [3.63, 3.8) is 0 Å². The number of carbonyl (C=O) groups is 1. The Morgan fingerprint density at radius 3 is 2.17 bits per heavy atom. The Kier molecular flexibility index (Phi) is 3.52. The summed E-state index contributed by atoms with van der Waals surface area (Å²) >= 11 is 0. The first-order chi connectivity index (χ1) is 5.25. The fourth-order valence-corrected chi connectivity index (χ4v) is 0.401. The molecule has 0 rings (SSSR count). The van der Waals surface area contributed by atoms with Crippen LogP contribution in [-0.4, -0.2) is 41.9 Å². The number of ether oxygens (including phenoxy) is 1. The minimum atomic E-state index is -0.994. The number of hydrogen-bond donors (Lipinski definition) is 1. The molecular formula is C8H17NO3. The Hall–Kier alpha value is -0.770. The molecule has 0 aliphatic heterocycles. The molecule has 0 aliphatic rings. The lowest BCUT2D eigenvalue weighted by molar-refractivity contribution is -0.0519. The predicted molar refractivity (Wildman–Crippen MR) is 45.9 cm³/mol. The second kappa shape index (κ2) is 3.76. The van der Waals surface area contributed by atoms with Crippen LogP contribution in [0.3, 0.4) is 0 Å². The van der Waals surface area contributed by atoms with Gasteiger partial charge < -0.3 is 14.7 Å². The SMILES string of the molecule is C[C@H](OC(=O)N(C)C)C(C)(C)O. The molecule has 0 radical (unpaired) electrons. The number of nitrogens with zero attached hydrogens (tertiary/aromatic N) is 1. The average Bonchev–Trinajstić information content (AvgIpc) is 1.85. The van der Waals surface area contributed by atoms with Gasteiger partial charge in [0.15, 0.2) is 0 Å². The van der Waals surface area contributed by atoms with Crippen LogP contribution in [0.25, 0.3) is 0 Å². The minimum Gasteiger partial charge on any atom is -0.443 e. The van der Waals surface area contributed by atoms with Gasteiger partial charge in [0.25, 0.3) is 0 Å². The van der Waals surface area contributed by atoms with Crippen molar-refractivity contribution in [3.8, 4) is 0 Å². The summed E-state index contributed by atoms with van der Waals surface area (Å²) in [5, 5.41) is 9.42. The summed E-state index contributed by atoms with van der Waals surface area (Å²) in [6.07, 6.45) is -0.947. The molecule has 4 heteroatoms. The van der Waals surface area contributed by atoms with Gasteiger partial charge in [0.2, 0.25) is 0 Å². The smallest absolute Gasteiger partial charge is 0.409 e. The molecule has 0 aromatic heterocycles. The fraction of sp³-hybridized carbons (Fsp3) is 0.875. The van der Waals surface area contributed by atoms with Crippen molar-refractivity contribution in [3.05, 3.63) is 0 Å². The zero-order valence-corrected chi connectivity index (χ0v) is 8.29. The van der Waals surface area contributed by atoms with Crippen molar-refractivity contribution < 1.29 is 14.6 Å². The maximum atomic E-state index is 11.0. The summed E-state index contributed by atoms with van der Waals surface area (Å²) in [7, 11) is 3.19. The Bertz CT molecular complexity index is 160. The first kappa shape index (κ1) is 11.2. The molecule has 0 heterocycles. The van der Waals surface area contributed by atoms with Gasteiger partial charge >= 0.3 is 6.09 Å². The number of hydrogen-bond acceptors (Lipinski definition) is 3. The van der Waals surface area contributed by atoms with E-state index in [2.05, 4.69) is 0 Å². The third-order valence-corrected chi connectivity index (χ3v) is 1.64. The minimum absolute atomic E-state index is 0.440. The van der Waals surface area contributed by atoms with Gasteiger partial charge in [-0.2, -0.15) is 0 Å². The zero-order chi connectivity index (χ0) is 9.94. The second-order valence-electron chi connectivity index (χ2n) is 3.57. The Balaban J connectivity index is 4.02. The van der Waals surface area contributed by atoms with Crippen LogP contribution in [0.1, 0.15) is 20.8 Å². The highest BCUT2D eigenvalue weighted by atomic mass is 16.6. The van der Waals surface area contributed by atoms with E-state index in [9.17, 15) is 9.90 Å². The van der Waals surface area contributed by atoms with Crippen LogP contribution in [0.2, 0.25) is 0 Å². The van der Waals surface area contributed by atoms with E-state index in [1.807, 2.05) is 0 Å². The summed E-state index contributed by atoms with van der Waals surface area (Å²) in [5.74, 6) is 0.